The van der Waals surface area contributed by atoms with E-state index in [-0.39, 0.29) is 0 Å². The zero-order valence-corrected chi connectivity index (χ0v) is 12.1. The molecule has 3 heterocycles. The van der Waals surface area contributed by atoms with Crippen molar-refractivity contribution in [2.45, 2.75) is 0 Å². The summed E-state index contributed by atoms with van der Waals surface area (Å²) in [5, 5.41) is 2.65. The molecule has 92 valence electrons. The highest BCUT2D eigenvalue weighted by Gasteiger charge is 2.12. The van der Waals surface area contributed by atoms with Gasteiger partial charge < -0.3 is 0 Å². The Morgan fingerprint density at radius 3 is 2.84 bits per heavy atom. The lowest BCUT2D eigenvalue weighted by molar-refractivity contribution is 0.112. The van der Waals surface area contributed by atoms with Crippen LogP contribution in [-0.4, -0.2) is 11.3 Å². The first-order valence-electron chi connectivity index (χ1n) is 5.67. The van der Waals surface area contributed by atoms with Crippen LogP contribution in [0.4, 0.5) is 0 Å². The predicted molar refractivity (Wildman–Crippen MR) is 83.7 cm³/mol. The number of aldehydes is 1. The van der Waals surface area contributed by atoms with E-state index in [1.807, 2.05) is 12.1 Å². The Bertz CT molecular complexity index is 871. The number of para-hydroxylation sites is 1. The third kappa shape index (κ3) is 1.74. The normalized spacial score (nSPS) is 11.4. The average molecular weight is 301 g/mol. The highest BCUT2D eigenvalue weighted by atomic mass is 32.1. The Balaban J connectivity index is 2.01. The number of rotatable bonds is 2. The van der Waals surface area contributed by atoms with Crippen LogP contribution >= 0.6 is 34.0 Å². The number of benzene rings is 1. The van der Waals surface area contributed by atoms with Crippen LogP contribution in [0.1, 0.15) is 9.80 Å². The van der Waals surface area contributed by atoms with E-state index in [4.69, 9.17) is 0 Å². The van der Waals surface area contributed by atoms with Gasteiger partial charge in [-0.15, -0.1) is 34.0 Å². The number of carbonyl (C=O) groups excluding carboxylic acids is 1. The smallest absolute Gasteiger partial charge is 0.178 e. The molecule has 0 aliphatic heterocycles. The first kappa shape index (κ1) is 11.3. The van der Waals surface area contributed by atoms with Gasteiger partial charge in [-0.1, -0.05) is 12.1 Å². The standard InChI is InChI=1S/C14H7NOS3/c16-7-13-15-14-8(2-1-3-10(14)19-13)11-6-12-9(18-11)4-5-17-12/h1-7H. The maximum atomic E-state index is 10.9. The van der Waals surface area contributed by atoms with Crippen molar-refractivity contribution in [1.82, 2.24) is 4.98 Å². The molecule has 0 amide bonds. The van der Waals surface area contributed by atoms with Gasteiger partial charge in [0.25, 0.3) is 0 Å². The molecule has 0 saturated carbocycles. The Morgan fingerprint density at radius 1 is 1.05 bits per heavy atom. The average Bonchev–Trinajstić information content (AvgIpc) is 3.10. The van der Waals surface area contributed by atoms with E-state index in [9.17, 15) is 4.79 Å². The number of nitrogens with zero attached hydrogens (tertiary/aromatic N) is 1. The summed E-state index contributed by atoms with van der Waals surface area (Å²) in [6.45, 7) is 0. The Hall–Kier alpha value is -1.56. The van der Waals surface area contributed by atoms with Crippen molar-refractivity contribution in [3.05, 3.63) is 40.7 Å². The Morgan fingerprint density at radius 2 is 2.00 bits per heavy atom. The van der Waals surface area contributed by atoms with Gasteiger partial charge in [-0.25, -0.2) is 4.98 Å². The quantitative estimate of drug-likeness (QED) is 0.485. The maximum Gasteiger partial charge on any atom is 0.178 e. The SMILES string of the molecule is O=Cc1nc2c(-c3cc4sccc4s3)cccc2s1. The summed E-state index contributed by atoms with van der Waals surface area (Å²) < 4.78 is 3.68. The summed E-state index contributed by atoms with van der Waals surface area (Å²) in [7, 11) is 0. The van der Waals surface area contributed by atoms with Gasteiger partial charge in [0.2, 0.25) is 0 Å². The molecular formula is C14H7NOS3. The molecule has 0 atom stereocenters. The lowest BCUT2D eigenvalue weighted by atomic mass is 10.1. The summed E-state index contributed by atoms with van der Waals surface area (Å²) >= 11 is 4.97. The van der Waals surface area contributed by atoms with Crippen molar-refractivity contribution in [3.63, 3.8) is 0 Å². The number of aromatic nitrogens is 1. The number of carbonyl (C=O) groups is 1. The second-order valence-corrected chi connectivity index (χ2v) is 7.18. The van der Waals surface area contributed by atoms with Crippen LogP contribution < -0.4 is 0 Å². The van der Waals surface area contributed by atoms with E-state index >= 15 is 0 Å². The van der Waals surface area contributed by atoms with Crippen LogP contribution in [0.25, 0.3) is 30.1 Å². The zero-order chi connectivity index (χ0) is 12.8. The molecule has 0 saturated heterocycles. The molecule has 2 nitrogen and oxygen atoms in total. The summed E-state index contributed by atoms with van der Waals surface area (Å²) in [5.74, 6) is 0. The molecule has 3 aromatic heterocycles. The summed E-state index contributed by atoms with van der Waals surface area (Å²) in [5.41, 5.74) is 2.05. The van der Waals surface area contributed by atoms with Crippen LogP contribution in [0, 0.1) is 0 Å². The molecule has 4 rings (SSSR count). The minimum Gasteiger partial charge on any atom is -0.295 e. The maximum absolute atomic E-state index is 10.9. The molecule has 0 radical (unpaired) electrons. The number of hydrogen-bond acceptors (Lipinski definition) is 5. The van der Waals surface area contributed by atoms with Gasteiger partial charge in [0.15, 0.2) is 11.3 Å². The number of thiazole rings is 1. The lowest BCUT2D eigenvalue weighted by Gasteiger charge is -1.97. The number of fused-ring (bicyclic) bond motifs is 2. The van der Waals surface area contributed by atoms with Gasteiger partial charge in [0.1, 0.15) is 0 Å². The Kier molecular flexibility index (Phi) is 2.51. The minimum atomic E-state index is 0.542. The number of hydrogen-bond donors (Lipinski definition) is 0. The van der Waals surface area contributed by atoms with Gasteiger partial charge in [-0.05, 0) is 23.6 Å². The zero-order valence-electron chi connectivity index (χ0n) is 9.62. The monoisotopic (exact) mass is 301 g/mol. The molecular weight excluding hydrogens is 294 g/mol. The van der Waals surface area contributed by atoms with Crippen molar-refractivity contribution in [1.29, 1.82) is 0 Å². The molecule has 0 bridgehead atoms. The minimum absolute atomic E-state index is 0.542. The van der Waals surface area contributed by atoms with Gasteiger partial charge in [0, 0.05) is 19.8 Å². The van der Waals surface area contributed by atoms with Crippen LogP contribution in [0.3, 0.4) is 0 Å². The molecule has 5 heteroatoms. The first-order chi connectivity index (χ1) is 9.35. The molecule has 0 N–H and O–H groups in total. The van der Waals surface area contributed by atoms with Crippen LogP contribution in [0.2, 0.25) is 0 Å². The fourth-order valence-corrected chi connectivity index (χ4v) is 5.06. The van der Waals surface area contributed by atoms with Crippen molar-refractivity contribution in [2.75, 3.05) is 0 Å². The topological polar surface area (TPSA) is 30.0 Å². The van der Waals surface area contributed by atoms with Crippen molar-refractivity contribution >= 4 is 59.9 Å². The van der Waals surface area contributed by atoms with Crippen LogP contribution in [0.15, 0.2) is 35.7 Å². The van der Waals surface area contributed by atoms with Crippen LogP contribution in [0.5, 0.6) is 0 Å². The number of thiophene rings is 2. The molecule has 0 aliphatic rings. The van der Waals surface area contributed by atoms with E-state index in [2.05, 4.69) is 28.6 Å². The van der Waals surface area contributed by atoms with Gasteiger partial charge in [-0.2, -0.15) is 0 Å². The lowest BCUT2D eigenvalue weighted by Crippen LogP contribution is -1.78. The Labute approximate surface area is 121 Å². The summed E-state index contributed by atoms with van der Waals surface area (Å²) in [4.78, 5) is 16.5. The summed E-state index contributed by atoms with van der Waals surface area (Å²) in [6, 6.07) is 10.5. The van der Waals surface area contributed by atoms with E-state index in [0.717, 1.165) is 22.1 Å². The van der Waals surface area contributed by atoms with Gasteiger partial charge in [0.05, 0.1) is 10.2 Å². The van der Waals surface area contributed by atoms with Crippen LogP contribution in [-0.2, 0) is 0 Å². The molecule has 19 heavy (non-hydrogen) atoms. The molecule has 0 aliphatic carbocycles. The van der Waals surface area contributed by atoms with Crippen molar-refractivity contribution in [3.8, 4) is 10.4 Å². The second kappa shape index (κ2) is 4.23. The fraction of sp³-hybridized carbons (Fsp3) is 0. The third-order valence-corrected chi connectivity index (χ3v) is 6.01. The van der Waals surface area contributed by atoms with Gasteiger partial charge in [-0.3, -0.25) is 4.79 Å². The van der Waals surface area contributed by atoms with E-state index in [1.54, 1.807) is 22.7 Å². The van der Waals surface area contributed by atoms with Crippen molar-refractivity contribution in [2.24, 2.45) is 0 Å². The largest absolute Gasteiger partial charge is 0.295 e. The van der Waals surface area contributed by atoms with Crippen molar-refractivity contribution < 1.29 is 4.79 Å². The van der Waals surface area contributed by atoms with E-state index < -0.39 is 0 Å². The molecule has 0 unspecified atom stereocenters. The second-order valence-electron chi connectivity index (χ2n) is 4.08. The van der Waals surface area contributed by atoms with Gasteiger partial charge >= 0.3 is 0 Å². The molecule has 0 spiro atoms. The summed E-state index contributed by atoms with van der Waals surface area (Å²) in [6.07, 6.45) is 0.821. The van der Waals surface area contributed by atoms with E-state index in [0.29, 0.717) is 5.01 Å². The highest BCUT2D eigenvalue weighted by molar-refractivity contribution is 7.28. The molecule has 4 aromatic rings. The molecule has 0 fully saturated rings. The molecule has 1 aromatic carbocycles. The highest BCUT2D eigenvalue weighted by Crippen LogP contribution is 2.39. The fourth-order valence-electron chi connectivity index (χ4n) is 2.11. The van der Waals surface area contributed by atoms with E-state index in [1.165, 1.54) is 25.6 Å². The third-order valence-electron chi connectivity index (χ3n) is 2.94. The first-order valence-corrected chi connectivity index (χ1v) is 8.18. The predicted octanol–water partition coefficient (Wildman–Crippen LogP) is 5.05.